The molecule has 188 valence electrons. The van der Waals surface area contributed by atoms with Gasteiger partial charge in [-0.25, -0.2) is 9.78 Å². The zero-order valence-electron chi connectivity index (χ0n) is 22.7. The van der Waals surface area contributed by atoms with Crippen molar-refractivity contribution >= 4 is 17.0 Å². The van der Waals surface area contributed by atoms with Crippen molar-refractivity contribution in [2.45, 2.75) is 73.5 Å². The van der Waals surface area contributed by atoms with E-state index in [9.17, 15) is 4.79 Å². The zero-order chi connectivity index (χ0) is 26.0. The van der Waals surface area contributed by atoms with E-state index in [0.717, 1.165) is 41.9 Å². The van der Waals surface area contributed by atoms with Gasteiger partial charge in [-0.05, 0) is 86.6 Å². The SMILES string of the molecule is CCC(C)Cc1nc2cc(C)c(C)cc2n1Cc1ccc(-c2ccccc2C(=O)OC(C)(C)C)cc1. The highest BCUT2D eigenvalue weighted by Crippen LogP contribution is 2.28. The van der Waals surface area contributed by atoms with Crippen LogP contribution in [0.5, 0.6) is 0 Å². The molecule has 0 aliphatic carbocycles. The Kier molecular flexibility index (Phi) is 7.35. The summed E-state index contributed by atoms with van der Waals surface area (Å²) in [6, 6.07) is 20.6. The lowest BCUT2D eigenvalue weighted by molar-refractivity contribution is 0.00704. The molecular formula is C32H38N2O2. The molecule has 0 fully saturated rings. The molecule has 36 heavy (non-hydrogen) atoms. The summed E-state index contributed by atoms with van der Waals surface area (Å²) in [5, 5.41) is 0. The van der Waals surface area contributed by atoms with Crippen molar-refractivity contribution in [3.63, 3.8) is 0 Å². The van der Waals surface area contributed by atoms with Crippen LogP contribution in [-0.2, 0) is 17.7 Å². The lowest BCUT2D eigenvalue weighted by Crippen LogP contribution is -2.24. The molecule has 1 unspecified atom stereocenters. The smallest absolute Gasteiger partial charge is 0.339 e. The van der Waals surface area contributed by atoms with Crippen LogP contribution in [0.3, 0.4) is 0 Å². The number of imidazole rings is 1. The fourth-order valence-electron chi connectivity index (χ4n) is 4.44. The van der Waals surface area contributed by atoms with Crippen LogP contribution in [0.15, 0.2) is 60.7 Å². The Bertz CT molecular complexity index is 1370. The van der Waals surface area contributed by atoms with Crippen molar-refractivity contribution in [1.29, 1.82) is 0 Å². The molecule has 0 spiro atoms. The van der Waals surface area contributed by atoms with Gasteiger partial charge < -0.3 is 9.30 Å². The number of esters is 1. The molecule has 1 heterocycles. The molecule has 1 atom stereocenters. The summed E-state index contributed by atoms with van der Waals surface area (Å²) >= 11 is 0. The maximum absolute atomic E-state index is 12.8. The molecule has 0 saturated carbocycles. The first-order valence-corrected chi connectivity index (χ1v) is 12.9. The third-order valence-corrected chi connectivity index (χ3v) is 6.82. The van der Waals surface area contributed by atoms with Gasteiger partial charge in [-0.15, -0.1) is 0 Å². The molecule has 0 radical (unpaired) electrons. The van der Waals surface area contributed by atoms with Gasteiger partial charge in [0.05, 0.1) is 16.6 Å². The summed E-state index contributed by atoms with van der Waals surface area (Å²) in [5.74, 6) is 1.42. The molecular weight excluding hydrogens is 444 g/mol. The summed E-state index contributed by atoms with van der Waals surface area (Å²) in [6.07, 6.45) is 2.09. The van der Waals surface area contributed by atoms with Crippen LogP contribution in [-0.4, -0.2) is 21.1 Å². The summed E-state index contributed by atoms with van der Waals surface area (Å²) < 4.78 is 8.02. The van der Waals surface area contributed by atoms with Gasteiger partial charge in [0.1, 0.15) is 11.4 Å². The van der Waals surface area contributed by atoms with E-state index in [0.29, 0.717) is 11.5 Å². The topological polar surface area (TPSA) is 44.1 Å². The van der Waals surface area contributed by atoms with Crippen LogP contribution in [0.2, 0.25) is 0 Å². The molecule has 0 bridgehead atoms. The third kappa shape index (κ3) is 5.70. The summed E-state index contributed by atoms with van der Waals surface area (Å²) in [7, 11) is 0. The highest BCUT2D eigenvalue weighted by atomic mass is 16.6. The van der Waals surface area contributed by atoms with Gasteiger partial charge in [-0.2, -0.15) is 0 Å². The molecule has 1 aromatic heterocycles. The van der Waals surface area contributed by atoms with Gasteiger partial charge in [0, 0.05) is 13.0 Å². The van der Waals surface area contributed by atoms with Crippen molar-refractivity contribution in [3.8, 4) is 11.1 Å². The second kappa shape index (κ2) is 10.3. The Morgan fingerprint density at radius 2 is 1.67 bits per heavy atom. The van der Waals surface area contributed by atoms with Crippen LogP contribution >= 0.6 is 0 Å². The monoisotopic (exact) mass is 482 g/mol. The van der Waals surface area contributed by atoms with Crippen LogP contribution in [0.1, 0.15) is 73.9 Å². The van der Waals surface area contributed by atoms with Crippen molar-refractivity contribution in [3.05, 3.63) is 88.7 Å². The highest BCUT2D eigenvalue weighted by molar-refractivity contribution is 5.97. The van der Waals surface area contributed by atoms with E-state index in [1.54, 1.807) is 0 Å². The number of carbonyl (C=O) groups excluding carboxylic acids is 1. The molecule has 0 saturated heterocycles. The molecule has 0 aliphatic heterocycles. The van der Waals surface area contributed by atoms with Gasteiger partial charge in [0.15, 0.2) is 0 Å². The van der Waals surface area contributed by atoms with E-state index >= 15 is 0 Å². The minimum Gasteiger partial charge on any atom is -0.456 e. The molecule has 4 rings (SSSR count). The number of aromatic nitrogens is 2. The third-order valence-electron chi connectivity index (χ3n) is 6.82. The first-order valence-electron chi connectivity index (χ1n) is 12.9. The first-order chi connectivity index (χ1) is 17.1. The number of hydrogen-bond donors (Lipinski definition) is 0. The van der Waals surface area contributed by atoms with Gasteiger partial charge in [0.2, 0.25) is 0 Å². The van der Waals surface area contributed by atoms with E-state index in [1.165, 1.54) is 22.2 Å². The lowest BCUT2D eigenvalue weighted by atomic mass is 9.98. The van der Waals surface area contributed by atoms with Crippen molar-refractivity contribution in [2.24, 2.45) is 5.92 Å². The fourth-order valence-corrected chi connectivity index (χ4v) is 4.44. The predicted molar refractivity (Wildman–Crippen MR) is 149 cm³/mol. The molecule has 4 heteroatoms. The maximum atomic E-state index is 12.8. The Morgan fingerprint density at radius 3 is 2.33 bits per heavy atom. The Morgan fingerprint density at radius 1 is 1.00 bits per heavy atom. The summed E-state index contributed by atoms with van der Waals surface area (Å²) in [6.45, 7) is 15.3. The molecule has 4 aromatic rings. The fraction of sp³-hybridized carbons (Fsp3) is 0.375. The second-order valence-electron chi connectivity index (χ2n) is 11.0. The molecule has 3 aromatic carbocycles. The molecule has 0 N–H and O–H groups in total. The average Bonchev–Trinajstić information content (AvgIpc) is 3.14. The molecule has 4 nitrogen and oxygen atoms in total. The second-order valence-corrected chi connectivity index (χ2v) is 11.0. The number of fused-ring (bicyclic) bond motifs is 1. The van der Waals surface area contributed by atoms with Crippen molar-refractivity contribution in [1.82, 2.24) is 9.55 Å². The van der Waals surface area contributed by atoms with E-state index < -0.39 is 5.60 Å². The summed E-state index contributed by atoms with van der Waals surface area (Å²) in [4.78, 5) is 17.9. The number of rotatable bonds is 7. The Balaban J connectivity index is 1.67. The number of hydrogen-bond acceptors (Lipinski definition) is 3. The molecule has 0 aliphatic rings. The normalized spacial score (nSPS) is 12.6. The minimum atomic E-state index is -0.536. The van der Waals surface area contributed by atoms with Crippen LogP contribution in [0.4, 0.5) is 0 Å². The van der Waals surface area contributed by atoms with Crippen molar-refractivity contribution in [2.75, 3.05) is 0 Å². The maximum Gasteiger partial charge on any atom is 0.339 e. The van der Waals surface area contributed by atoms with Crippen LogP contribution < -0.4 is 0 Å². The number of nitrogens with zero attached hydrogens (tertiary/aromatic N) is 2. The number of ether oxygens (including phenoxy) is 1. The Hall–Kier alpha value is -3.40. The zero-order valence-corrected chi connectivity index (χ0v) is 22.7. The van der Waals surface area contributed by atoms with E-state index in [4.69, 9.17) is 9.72 Å². The first kappa shape index (κ1) is 25.7. The standard InChI is InChI=1S/C32H38N2O2/c1-8-21(2)17-30-33-28-18-22(3)23(4)19-29(28)34(30)20-24-13-15-25(16-14-24)26-11-9-10-12-27(26)31(35)36-32(5,6)7/h9-16,18-19,21H,8,17,20H2,1-7H3. The van der Waals surface area contributed by atoms with E-state index in [1.807, 2.05) is 45.0 Å². The number of carbonyl (C=O) groups is 1. The van der Waals surface area contributed by atoms with Gasteiger partial charge in [0.25, 0.3) is 0 Å². The van der Waals surface area contributed by atoms with E-state index in [2.05, 4.69) is 68.7 Å². The van der Waals surface area contributed by atoms with Crippen LogP contribution in [0, 0.1) is 19.8 Å². The quantitative estimate of drug-likeness (QED) is 0.251. The average molecular weight is 483 g/mol. The Labute approximate surface area is 215 Å². The number of benzene rings is 3. The largest absolute Gasteiger partial charge is 0.456 e. The van der Waals surface area contributed by atoms with Crippen molar-refractivity contribution < 1.29 is 9.53 Å². The highest BCUT2D eigenvalue weighted by Gasteiger charge is 2.21. The summed E-state index contributed by atoms with van der Waals surface area (Å²) in [5.41, 5.74) is 7.96. The minimum absolute atomic E-state index is 0.299. The van der Waals surface area contributed by atoms with Gasteiger partial charge >= 0.3 is 5.97 Å². The number of aryl methyl sites for hydroxylation is 2. The predicted octanol–water partition coefficient (Wildman–Crippen LogP) is 7.91. The van der Waals surface area contributed by atoms with Gasteiger partial charge in [-0.1, -0.05) is 62.7 Å². The molecule has 0 amide bonds. The lowest BCUT2D eigenvalue weighted by Gasteiger charge is -2.20. The van der Waals surface area contributed by atoms with Crippen LogP contribution in [0.25, 0.3) is 22.2 Å². The van der Waals surface area contributed by atoms with E-state index in [-0.39, 0.29) is 5.97 Å². The van der Waals surface area contributed by atoms with Gasteiger partial charge in [-0.3, -0.25) is 0 Å².